The molecule has 0 unspecified atom stereocenters. The third-order valence-corrected chi connectivity index (χ3v) is 5.53. The van der Waals surface area contributed by atoms with E-state index in [1.807, 2.05) is 30.3 Å². The number of carboxylic acids is 1. The Labute approximate surface area is 152 Å². The largest absolute Gasteiger partial charge is 0.481 e. The van der Waals surface area contributed by atoms with E-state index in [1.165, 1.54) is 16.9 Å². The Morgan fingerprint density at radius 1 is 1.12 bits per heavy atom. The minimum absolute atomic E-state index is 0.130. The predicted octanol–water partition coefficient (Wildman–Crippen LogP) is 3.93. The van der Waals surface area contributed by atoms with Gasteiger partial charge in [-0.1, -0.05) is 44.2 Å². The second-order valence-electron chi connectivity index (χ2n) is 7.01. The van der Waals surface area contributed by atoms with Crippen molar-refractivity contribution in [1.29, 1.82) is 0 Å². The first-order valence-corrected chi connectivity index (χ1v) is 9.25. The number of aliphatic carboxylic acids is 1. The van der Waals surface area contributed by atoms with Gasteiger partial charge in [-0.25, -0.2) is 0 Å². The summed E-state index contributed by atoms with van der Waals surface area (Å²) in [5, 5.41) is 8.98. The number of rotatable bonds is 9. The van der Waals surface area contributed by atoms with Gasteiger partial charge < -0.3 is 10.8 Å². The van der Waals surface area contributed by atoms with E-state index in [4.69, 9.17) is 10.8 Å². The van der Waals surface area contributed by atoms with E-state index < -0.39 is 17.4 Å². The lowest BCUT2D eigenvalue weighted by molar-refractivity contribution is -0.139. The molecule has 0 amide bonds. The number of carboxylic acid groups (broad SMARTS) is 1. The summed E-state index contributed by atoms with van der Waals surface area (Å²) in [7, 11) is 0. The van der Waals surface area contributed by atoms with Crippen LogP contribution in [0.3, 0.4) is 0 Å². The number of ketones is 1. The Kier molecular flexibility index (Phi) is 6.51. The van der Waals surface area contributed by atoms with E-state index in [2.05, 4.69) is 12.1 Å². The zero-order valence-corrected chi connectivity index (χ0v) is 15.5. The van der Waals surface area contributed by atoms with Gasteiger partial charge in [0.25, 0.3) is 0 Å². The molecular formula is C20H25NO3S. The lowest BCUT2D eigenvalue weighted by Gasteiger charge is -2.28. The van der Waals surface area contributed by atoms with Crippen LogP contribution in [0.1, 0.15) is 46.8 Å². The van der Waals surface area contributed by atoms with E-state index in [0.29, 0.717) is 4.88 Å². The first kappa shape index (κ1) is 19.3. The minimum Gasteiger partial charge on any atom is -0.481 e. The molecule has 5 heteroatoms. The number of hydrogen-bond acceptors (Lipinski definition) is 4. The van der Waals surface area contributed by atoms with Crippen LogP contribution in [-0.2, 0) is 17.6 Å². The average Bonchev–Trinajstić information content (AvgIpc) is 3.02. The lowest BCUT2D eigenvalue weighted by atomic mass is 9.79. The molecule has 0 bridgehead atoms. The molecule has 25 heavy (non-hydrogen) atoms. The van der Waals surface area contributed by atoms with Gasteiger partial charge in [0, 0.05) is 4.88 Å². The van der Waals surface area contributed by atoms with E-state index in [1.54, 1.807) is 13.8 Å². The van der Waals surface area contributed by atoms with E-state index in [9.17, 15) is 9.59 Å². The maximum Gasteiger partial charge on any atom is 0.303 e. The molecule has 2 rings (SSSR count). The molecular weight excluding hydrogens is 334 g/mol. The van der Waals surface area contributed by atoms with Crippen LogP contribution in [0.2, 0.25) is 0 Å². The summed E-state index contributed by atoms with van der Waals surface area (Å²) < 4.78 is 0. The first-order chi connectivity index (χ1) is 11.8. The van der Waals surface area contributed by atoms with Crippen LogP contribution in [0.25, 0.3) is 0 Å². The summed E-state index contributed by atoms with van der Waals surface area (Å²) >= 11 is 1.46. The quantitative estimate of drug-likeness (QED) is 0.665. The Morgan fingerprint density at radius 2 is 1.80 bits per heavy atom. The monoisotopic (exact) mass is 359 g/mol. The van der Waals surface area contributed by atoms with E-state index in [-0.39, 0.29) is 12.2 Å². The highest BCUT2D eigenvalue weighted by atomic mass is 32.1. The standard InChI is InChI=1S/C20H25NO3S/c1-20(2,13-17(22)23)19(21)18(24)16-12-11-15(25-16)10-6-9-14-7-4-3-5-8-14/h3-5,7-8,11-12,19H,6,9-10,13,21H2,1-2H3,(H,22,23)/t19-/m1/s1. The van der Waals surface area contributed by atoms with Crippen molar-refractivity contribution in [2.75, 3.05) is 0 Å². The second kappa shape index (κ2) is 8.41. The van der Waals surface area contributed by atoms with Crippen LogP contribution in [0.5, 0.6) is 0 Å². The summed E-state index contributed by atoms with van der Waals surface area (Å²) in [4.78, 5) is 25.3. The molecule has 3 N–H and O–H groups in total. The van der Waals surface area contributed by atoms with Crippen molar-refractivity contribution < 1.29 is 14.7 Å². The van der Waals surface area contributed by atoms with Crippen LogP contribution < -0.4 is 5.73 Å². The maximum absolute atomic E-state index is 12.6. The molecule has 0 fully saturated rings. The van der Waals surface area contributed by atoms with Crippen LogP contribution >= 0.6 is 11.3 Å². The van der Waals surface area contributed by atoms with Gasteiger partial charge in [-0.05, 0) is 42.4 Å². The smallest absolute Gasteiger partial charge is 0.303 e. The van der Waals surface area contributed by atoms with Crippen molar-refractivity contribution in [3.8, 4) is 0 Å². The zero-order chi connectivity index (χ0) is 18.4. The van der Waals surface area contributed by atoms with Gasteiger partial charge in [0.2, 0.25) is 0 Å². The third-order valence-electron chi connectivity index (χ3n) is 4.37. The Balaban J connectivity index is 1.93. The second-order valence-corrected chi connectivity index (χ2v) is 8.17. The average molecular weight is 359 g/mol. The number of carbonyl (C=O) groups is 2. The van der Waals surface area contributed by atoms with Crippen LogP contribution in [0.15, 0.2) is 42.5 Å². The molecule has 2 aromatic rings. The Morgan fingerprint density at radius 3 is 2.44 bits per heavy atom. The number of aryl methyl sites for hydroxylation is 2. The molecule has 0 saturated carbocycles. The minimum atomic E-state index is -0.943. The van der Waals surface area contributed by atoms with Crippen molar-refractivity contribution in [1.82, 2.24) is 0 Å². The van der Waals surface area contributed by atoms with E-state index in [0.717, 1.165) is 24.1 Å². The third kappa shape index (κ3) is 5.51. The summed E-state index contributed by atoms with van der Waals surface area (Å²) in [6.45, 7) is 3.44. The van der Waals surface area contributed by atoms with Crippen molar-refractivity contribution in [2.24, 2.45) is 11.1 Å². The van der Waals surface area contributed by atoms with Gasteiger partial charge in [0.15, 0.2) is 5.78 Å². The molecule has 1 atom stereocenters. The molecule has 0 aliphatic rings. The fraction of sp³-hybridized carbons (Fsp3) is 0.400. The van der Waals surface area contributed by atoms with Crippen molar-refractivity contribution in [3.05, 3.63) is 57.8 Å². The molecule has 1 heterocycles. The first-order valence-electron chi connectivity index (χ1n) is 8.44. The van der Waals surface area contributed by atoms with Gasteiger partial charge in [0.1, 0.15) is 0 Å². The van der Waals surface area contributed by atoms with Gasteiger partial charge in [-0.3, -0.25) is 9.59 Å². The zero-order valence-electron chi connectivity index (χ0n) is 14.7. The fourth-order valence-corrected chi connectivity index (χ4v) is 3.79. The Bertz CT molecular complexity index is 722. The number of carbonyl (C=O) groups excluding carboxylic acids is 1. The van der Waals surface area contributed by atoms with Gasteiger partial charge >= 0.3 is 5.97 Å². The highest BCUT2D eigenvalue weighted by molar-refractivity contribution is 7.14. The van der Waals surface area contributed by atoms with Crippen molar-refractivity contribution in [3.63, 3.8) is 0 Å². The van der Waals surface area contributed by atoms with Crippen molar-refractivity contribution in [2.45, 2.75) is 45.6 Å². The topological polar surface area (TPSA) is 80.4 Å². The van der Waals surface area contributed by atoms with Crippen molar-refractivity contribution >= 4 is 23.1 Å². The molecule has 1 aromatic carbocycles. The number of hydrogen-bond donors (Lipinski definition) is 2. The SMILES string of the molecule is CC(C)(CC(=O)O)[C@H](N)C(=O)c1ccc(CCCc2ccccc2)s1. The molecule has 0 spiro atoms. The van der Waals surface area contributed by atoms with Gasteiger partial charge in [-0.2, -0.15) is 0 Å². The summed E-state index contributed by atoms with van der Waals surface area (Å²) in [6.07, 6.45) is 2.82. The number of benzene rings is 1. The van der Waals surface area contributed by atoms with Crippen LogP contribution in [-0.4, -0.2) is 22.9 Å². The van der Waals surface area contributed by atoms with Gasteiger partial charge in [-0.15, -0.1) is 11.3 Å². The molecule has 4 nitrogen and oxygen atoms in total. The van der Waals surface area contributed by atoms with Gasteiger partial charge in [0.05, 0.1) is 17.3 Å². The number of Topliss-reactive ketones (excluding diaryl/α,β-unsaturated/α-hetero) is 1. The molecule has 0 radical (unpaired) electrons. The maximum atomic E-state index is 12.6. The number of thiophene rings is 1. The highest BCUT2D eigenvalue weighted by Gasteiger charge is 2.35. The highest BCUT2D eigenvalue weighted by Crippen LogP contribution is 2.29. The van der Waals surface area contributed by atoms with E-state index >= 15 is 0 Å². The molecule has 0 saturated heterocycles. The Hall–Kier alpha value is -1.98. The fourth-order valence-electron chi connectivity index (χ4n) is 2.76. The molecule has 1 aromatic heterocycles. The summed E-state index contributed by atoms with van der Waals surface area (Å²) in [5.41, 5.74) is 6.59. The normalized spacial score (nSPS) is 12.8. The lowest BCUT2D eigenvalue weighted by Crippen LogP contribution is -2.44. The van der Waals surface area contributed by atoms with Crippen LogP contribution in [0.4, 0.5) is 0 Å². The number of nitrogens with two attached hydrogens (primary N) is 1. The summed E-state index contributed by atoms with van der Waals surface area (Å²) in [6, 6.07) is 13.3. The predicted molar refractivity (Wildman–Crippen MR) is 101 cm³/mol. The molecule has 0 aliphatic carbocycles. The molecule has 134 valence electrons. The molecule has 0 aliphatic heterocycles. The van der Waals surface area contributed by atoms with Crippen LogP contribution in [0, 0.1) is 5.41 Å². The summed E-state index contributed by atoms with van der Waals surface area (Å²) in [5.74, 6) is -1.12.